The summed E-state index contributed by atoms with van der Waals surface area (Å²) in [6, 6.07) is 0. The fourth-order valence-corrected chi connectivity index (χ4v) is 5.51. The first-order valence-electron chi connectivity index (χ1n) is 7.58. The van der Waals surface area contributed by atoms with Crippen LogP contribution in [0, 0.1) is 0 Å². The Kier molecular flexibility index (Phi) is 7.00. The molecule has 2 aromatic rings. The van der Waals surface area contributed by atoms with Gasteiger partial charge in [-0.25, -0.2) is 15.0 Å². The minimum Gasteiger partial charge on any atom is -0.396 e. The Morgan fingerprint density at radius 2 is 2.04 bits per heavy atom. The lowest BCUT2D eigenvalue weighted by Gasteiger charge is -2.24. The molecule has 0 fully saturated rings. The van der Waals surface area contributed by atoms with Gasteiger partial charge in [-0.05, 0) is 13.8 Å². The van der Waals surface area contributed by atoms with Gasteiger partial charge >= 0.3 is 7.60 Å². The van der Waals surface area contributed by atoms with E-state index in [4.69, 9.17) is 19.9 Å². The molecule has 0 aliphatic carbocycles. The van der Waals surface area contributed by atoms with Crippen molar-refractivity contribution < 1.29 is 18.7 Å². The Labute approximate surface area is 144 Å². The van der Waals surface area contributed by atoms with Crippen LogP contribution in [0.25, 0.3) is 11.2 Å². The van der Waals surface area contributed by atoms with Crippen molar-refractivity contribution in [3.05, 3.63) is 12.7 Å². The molecular formula is C13H22N5O4PS. The monoisotopic (exact) mass is 375 g/mol. The topological polar surface area (TPSA) is 125 Å². The second-order valence-electron chi connectivity index (χ2n) is 4.76. The van der Waals surface area contributed by atoms with Crippen LogP contribution in [0.15, 0.2) is 12.7 Å². The molecule has 2 aromatic heterocycles. The Bertz CT molecular complexity index is 703. The third-order valence-electron chi connectivity index (χ3n) is 3.13. The number of nitrogens with zero attached hydrogens (tertiary/aromatic N) is 4. The van der Waals surface area contributed by atoms with E-state index in [1.54, 1.807) is 24.7 Å². The summed E-state index contributed by atoms with van der Waals surface area (Å²) in [5, 5.41) is 8.82. The Hall–Kier alpha value is -1.19. The Morgan fingerprint density at radius 1 is 1.33 bits per heavy atom. The summed E-state index contributed by atoms with van der Waals surface area (Å²) in [6.07, 6.45) is 3.07. The van der Waals surface area contributed by atoms with Gasteiger partial charge in [0.2, 0.25) is 0 Å². The fraction of sp³-hybridized carbons (Fsp3) is 0.615. The van der Waals surface area contributed by atoms with Crippen molar-refractivity contribution in [3.63, 3.8) is 0 Å². The molecule has 3 N–H and O–H groups in total. The molecule has 2 heterocycles. The minimum absolute atomic E-state index is 0.00150. The number of fused-ring (bicyclic) bond motifs is 1. The van der Waals surface area contributed by atoms with Crippen LogP contribution in [0.5, 0.6) is 0 Å². The van der Waals surface area contributed by atoms with Crippen molar-refractivity contribution in [2.24, 2.45) is 0 Å². The number of aliphatic hydroxyl groups excluding tert-OH is 1. The standard InChI is InChI=1S/C13H22N5O4PS/c1-3-21-23(20,22-4-2)7-10(24-6-5-19)18-9-17-11-12(14)15-8-16-13(11)18/h8-10,19H,3-7H2,1-2H3,(H2,14,15,16). The van der Waals surface area contributed by atoms with Crippen LogP contribution in [-0.4, -0.2) is 56.4 Å². The predicted molar refractivity (Wildman–Crippen MR) is 94.0 cm³/mol. The number of aliphatic hydroxyl groups is 1. The van der Waals surface area contributed by atoms with Crippen molar-refractivity contribution >= 4 is 36.3 Å². The molecule has 0 bridgehead atoms. The van der Waals surface area contributed by atoms with Gasteiger partial charge in [-0.15, -0.1) is 11.8 Å². The van der Waals surface area contributed by atoms with Crippen molar-refractivity contribution in [1.82, 2.24) is 19.5 Å². The van der Waals surface area contributed by atoms with Crippen molar-refractivity contribution in [3.8, 4) is 0 Å². The average molecular weight is 375 g/mol. The van der Waals surface area contributed by atoms with E-state index in [1.165, 1.54) is 18.1 Å². The van der Waals surface area contributed by atoms with Gasteiger partial charge in [-0.2, -0.15) is 0 Å². The highest BCUT2D eigenvalue weighted by Gasteiger charge is 2.31. The van der Waals surface area contributed by atoms with E-state index in [1.807, 2.05) is 0 Å². The number of hydrogen-bond acceptors (Lipinski definition) is 9. The normalized spacial score (nSPS) is 13.5. The molecule has 0 aliphatic rings. The first kappa shape index (κ1) is 19.1. The minimum atomic E-state index is -3.27. The van der Waals surface area contributed by atoms with Crippen molar-refractivity contribution in [2.45, 2.75) is 19.2 Å². The maximum atomic E-state index is 12.9. The van der Waals surface area contributed by atoms with E-state index >= 15 is 0 Å². The predicted octanol–water partition coefficient (Wildman–Crippen LogP) is 1.90. The molecule has 1 unspecified atom stereocenters. The third kappa shape index (κ3) is 4.46. The number of thioether (sulfide) groups is 1. The smallest absolute Gasteiger partial charge is 0.333 e. The summed E-state index contributed by atoms with van der Waals surface area (Å²) < 4.78 is 25.4. The molecule has 0 aromatic carbocycles. The number of imidazole rings is 1. The highest BCUT2D eigenvalue weighted by Crippen LogP contribution is 2.52. The largest absolute Gasteiger partial charge is 0.396 e. The summed E-state index contributed by atoms with van der Waals surface area (Å²) in [7, 11) is -3.27. The lowest BCUT2D eigenvalue weighted by Crippen LogP contribution is -2.14. The lowest BCUT2D eigenvalue weighted by molar-refractivity contribution is 0.219. The van der Waals surface area contributed by atoms with Crippen LogP contribution in [0.3, 0.4) is 0 Å². The van der Waals surface area contributed by atoms with E-state index < -0.39 is 7.60 Å². The lowest BCUT2D eigenvalue weighted by atomic mass is 10.5. The number of aromatic nitrogens is 4. The molecule has 0 saturated heterocycles. The average Bonchev–Trinajstić information content (AvgIpc) is 2.97. The molecule has 0 saturated carbocycles. The number of nitrogen functional groups attached to an aromatic ring is 1. The third-order valence-corrected chi connectivity index (χ3v) is 6.67. The molecule has 1 atom stereocenters. The van der Waals surface area contributed by atoms with Crippen LogP contribution in [0.1, 0.15) is 19.2 Å². The van der Waals surface area contributed by atoms with E-state index in [2.05, 4.69) is 15.0 Å². The molecular weight excluding hydrogens is 353 g/mol. The van der Waals surface area contributed by atoms with Crippen molar-refractivity contribution in [1.29, 1.82) is 0 Å². The summed E-state index contributed by atoms with van der Waals surface area (Å²) in [5.41, 5.74) is 6.84. The SMILES string of the molecule is CCOP(=O)(CC(SCCO)n1cnc2c(N)ncnc21)OCC. The molecule has 24 heavy (non-hydrogen) atoms. The highest BCUT2D eigenvalue weighted by molar-refractivity contribution is 7.99. The van der Waals surface area contributed by atoms with Gasteiger partial charge in [0.05, 0.1) is 37.7 Å². The molecule has 134 valence electrons. The van der Waals surface area contributed by atoms with Gasteiger partial charge in [-0.3, -0.25) is 4.57 Å². The van der Waals surface area contributed by atoms with Gasteiger partial charge < -0.3 is 24.5 Å². The van der Waals surface area contributed by atoms with Crippen LogP contribution in [0.2, 0.25) is 0 Å². The zero-order valence-electron chi connectivity index (χ0n) is 13.7. The summed E-state index contributed by atoms with van der Waals surface area (Å²) >= 11 is 1.42. The number of nitrogens with two attached hydrogens (primary N) is 1. The van der Waals surface area contributed by atoms with Crippen LogP contribution in [-0.2, 0) is 13.6 Å². The van der Waals surface area contributed by atoms with E-state index in [9.17, 15) is 4.57 Å². The fourth-order valence-electron chi connectivity index (χ4n) is 2.22. The zero-order chi connectivity index (χ0) is 17.6. The maximum absolute atomic E-state index is 12.9. The first-order chi connectivity index (χ1) is 11.5. The van der Waals surface area contributed by atoms with Gasteiger partial charge in [0.15, 0.2) is 11.5 Å². The summed E-state index contributed by atoms with van der Waals surface area (Å²) in [5.74, 6) is 0.742. The molecule has 0 spiro atoms. The number of hydrogen-bond donors (Lipinski definition) is 2. The second-order valence-corrected chi connectivity index (χ2v) is 8.15. The molecule has 2 rings (SSSR count). The van der Waals surface area contributed by atoms with Crippen LogP contribution < -0.4 is 5.73 Å². The molecule has 0 aliphatic heterocycles. The van der Waals surface area contributed by atoms with Gasteiger partial charge in [0, 0.05) is 5.75 Å². The molecule has 0 radical (unpaired) electrons. The highest BCUT2D eigenvalue weighted by atomic mass is 32.2. The quantitative estimate of drug-likeness (QED) is 0.599. The van der Waals surface area contributed by atoms with E-state index in [0.717, 1.165) is 0 Å². The summed E-state index contributed by atoms with van der Waals surface area (Å²) in [4.78, 5) is 12.4. The summed E-state index contributed by atoms with van der Waals surface area (Å²) in [6.45, 7) is 4.10. The van der Waals surface area contributed by atoms with Crippen molar-refractivity contribution in [2.75, 3.05) is 37.5 Å². The van der Waals surface area contributed by atoms with Gasteiger partial charge in [0.1, 0.15) is 11.8 Å². The first-order valence-corrected chi connectivity index (χ1v) is 10.4. The molecule has 9 nitrogen and oxygen atoms in total. The number of anilines is 1. The molecule has 11 heteroatoms. The number of rotatable bonds is 10. The van der Waals surface area contributed by atoms with Gasteiger partial charge in [0.25, 0.3) is 0 Å². The van der Waals surface area contributed by atoms with Gasteiger partial charge in [-0.1, -0.05) is 0 Å². The zero-order valence-corrected chi connectivity index (χ0v) is 15.4. The Balaban J connectivity index is 2.36. The van der Waals surface area contributed by atoms with Crippen LogP contribution in [0.4, 0.5) is 5.82 Å². The molecule has 0 amide bonds. The van der Waals surface area contributed by atoms with E-state index in [-0.39, 0.29) is 37.2 Å². The van der Waals surface area contributed by atoms with E-state index in [0.29, 0.717) is 16.9 Å². The second kappa shape index (κ2) is 8.77. The maximum Gasteiger partial charge on any atom is 0.333 e. The Morgan fingerprint density at radius 3 is 2.67 bits per heavy atom. The van der Waals surface area contributed by atoms with Crippen LogP contribution >= 0.6 is 19.4 Å².